The smallest absolute Gasteiger partial charge is 0.480 e. The highest BCUT2D eigenvalue weighted by Gasteiger charge is 2.49. The first-order valence-electron chi connectivity index (χ1n) is 10.8. The molecule has 1 fully saturated rings. The molecule has 210 valence electrons. The summed E-state index contributed by atoms with van der Waals surface area (Å²) < 4.78 is 91.5. The highest BCUT2D eigenvalue weighted by atomic mass is 35.5. The number of aliphatic carboxylic acids is 1. The number of methoxy groups -OCH3 is 1. The van der Waals surface area contributed by atoms with Crippen molar-refractivity contribution < 1.29 is 50.5 Å². The van der Waals surface area contributed by atoms with Gasteiger partial charge in [-0.15, -0.1) is 11.3 Å². The Hall–Kier alpha value is -3.37. The standard InChI is InChI=1S/C22H17ClF6N4O5S/c1-37-20(36)38-16-12(6-33-8-21(25,26)5-13(33)19(34)35)30-17(18-31-14(7-39-18)22(27,28)29)32-15(16)10-3-2-9(24)4-11(10)23/h2-4,7,13,15H,5-6,8H2,1H3,(H,30,32)(H,34,35)/t13-,15+/m0/s1. The molecule has 2 aromatic rings. The number of alkyl halides is 5. The van der Waals surface area contributed by atoms with Crippen LogP contribution >= 0.6 is 22.9 Å². The largest absolute Gasteiger partial charge is 0.513 e. The zero-order chi connectivity index (χ0) is 28.7. The fourth-order valence-corrected chi connectivity index (χ4v) is 5.05. The Labute approximate surface area is 224 Å². The van der Waals surface area contributed by atoms with Crippen molar-refractivity contribution in [2.75, 3.05) is 20.2 Å². The van der Waals surface area contributed by atoms with Crippen molar-refractivity contribution in [1.82, 2.24) is 15.2 Å². The molecule has 2 aliphatic heterocycles. The third kappa shape index (κ3) is 6.28. The lowest BCUT2D eigenvalue weighted by atomic mass is 10.0. The number of hydrogen-bond donors (Lipinski definition) is 2. The van der Waals surface area contributed by atoms with Gasteiger partial charge in [0.1, 0.15) is 17.9 Å². The Kier molecular flexibility index (Phi) is 7.82. The lowest BCUT2D eigenvalue weighted by Gasteiger charge is -2.30. The maximum absolute atomic E-state index is 14.2. The van der Waals surface area contributed by atoms with Crippen LogP contribution in [0, 0.1) is 5.82 Å². The molecule has 0 bridgehead atoms. The second-order valence-electron chi connectivity index (χ2n) is 8.42. The summed E-state index contributed by atoms with van der Waals surface area (Å²) in [6.45, 7) is -1.57. The van der Waals surface area contributed by atoms with Crippen LogP contribution in [0.15, 0.2) is 40.0 Å². The van der Waals surface area contributed by atoms with Crippen molar-refractivity contribution >= 4 is 40.9 Å². The maximum Gasteiger partial charge on any atom is 0.513 e. The minimum atomic E-state index is -4.78. The van der Waals surface area contributed by atoms with Gasteiger partial charge in [0.25, 0.3) is 5.92 Å². The van der Waals surface area contributed by atoms with E-state index in [1.807, 2.05) is 0 Å². The molecule has 0 aliphatic carbocycles. The average molecular weight is 599 g/mol. The number of amidine groups is 1. The summed E-state index contributed by atoms with van der Waals surface area (Å²) in [6.07, 6.45) is -7.06. The van der Waals surface area contributed by atoms with E-state index in [1.165, 1.54) is 6.07 Å². The molecule has 17 heteroatoms. The summed E-state index contributed by atoms with van der Waals surface area (Å²) in [5, 5.41) is 12.4. The lowest BCUT2D eigenvalue weighted by Crippen LogP contribution is -2.43. The second-order valence-corrected chi connectivity index (χ2v) is 9.69. The lowest BCUT2D eigenvalue weighted by molar-refractivity contribution is -0.142. The fourth-order valence-electron chi connectivity index (χ4n) is 4.01. The number of carbonyl (C=O) groups is 2. The molecule has 0 radical (unpaired) electrons. The number of nitrogens with zero attached hydrogens (tertiary/aromatic N) is 3. The SMILES string of the molecule is COC(=O)OC1=C(CN2CC(F)(F)C[C@H]2C(=O)O)NC(c2nc(C(F)(F)F)cs2)=N[C@@H]1c1ccc(F)cc1Cl. The Balaban J connectivity index is 1.85. The highest BCUT2D eigenvalue weighted by Crippen LogP contribution is 2.39. The van der Waals surface area contributed by atoms with E-state index in [0.29, 0.717) is 11.3 Å². The zero-order valence-corrected chi connectivity index (χ0v) is 21.1. The predicted octanol–water partition coefficient (Wildman–Crippen LogP) is 4.83. The van der Waals surface area contributed by atoms with Crippen LogP contribution < -0.4 is 5.32 Å². The Morgan fingerprint density at radius 2 is 2.05 bits per heavy atom. The molecule has 0 unspecified atom stereocenters. The number of aliphatic imine (C=N–C) groups is 1. The fraction of sp³-hybridized carbons (Fsp3) is 0.364. The number of aromatic nitrogens is 1. The first-order valence-corrected chi connectivity index (χ1v) is 12.1. The number of carboxylic acids is 1. The van der Waals surface area contributed by atoms with Crippen molar-refractivity contribution in [3.63, 3.8) is 0 Å². The third-order valence-corrected chi connectivity index (χ3v) is 6.88. The first-order chi connectivity index (χ1) is 18.2. The number of thiazole rings is 1. The topological polar surface area (TPSA) is 113 Å². The molecule has 3 heterocycles. The number of hydrogen-bond acceptors (Lipinski definition) is 9. The third-order valence-electron chi connectivity index (χ3n) is 5.70. The minimum Gasteiger partial charge on any atom is -0.480 e. The minimum absolute atomic E-state index is 0.0302. The molecule has 2 N–H and O–H groups in total. The Morgan fingerprint density at radius 3 is 2.64 bits per heavy atom. The second kappa shape index (κ2) is 10.7. The van der Waals surface area contributed by atoms with Gasteiger partial charge in [-0.1, -0.05) is 17.7 Å². The number of likely N-dealkylation sites (tertiary alicyclic amines) is 1. The molecular weight excluding hydrogens is 582 g/mol. The Morgan fingerprint density at radius 1 is 1.33 bits per heavy atom. The van der Waals surface area contributed by atoms with Gasteiger partial charge in [-0.05, 0) is 12.1 Å². The van der Waals surface area contributed by atoms with Crippen molar-refractivity contribution in [3.05, 3.63) is 62.1 Å². The summed E-state index contributed by atoms with van der Waals surface area (Å²) in [4.78, 5) is 32.5. The molecule has 0 spiro atoms. The van der Waals surface area contributed by atoms with Crippen LogP contribution in [0.4, 0.5) is 31.1 Å². The zero-order valence-electron chi connectivity index (χ0n) is 19.6. The van der Waals surface area contributed by atoms with E-state index < -0.39 is 67.3 Å². The van der Waals surface area contributed by atoms with Crippen molar-refractivity contribution in [2.24, 2.45) is 4.99 Å². The van der Waals surface area contributed by atoms with E-state index in [2.05, 4.69) is 20.0 Å². The van der Waals surface area contributed by atoms with E-state index in [9.17, 15) is 41.0 Å². The van der Waals surface area contributed by atoms with E-state index in [1.54, 1.807) is 0 Å². The van der Waals surface area contributed by atoms with E-state index in [0.717, 1.165) is 29.5 Å². The molecule has 4 rings (SSSR count). The van der Waals surface area contributed by atoms with Crippen LogP contribution in [0.2, 0.25) is 5.02 Å². The summed E-state index contributed by atoms with van der Waals surface area (Å²) >= 11 is 6.76. The van der Waals surface area contributed by atoms with Crippen LogP contribution in [-0.4, -0.2) is 65.1 Å². The molecule has 1 aromatic carbocycles. The number of nitrogens with one attached hydrogen (secondary N) is 1. The van der Waals surface area contributed by atoms with Gasteiger partial charge in [0.15, 0.2) is 22.3 Å². The van der Waals surface area contributed by atoms with Gasteiger partial charge in [0.2, 0.25) is 0 Å². The molecule has 0 amide bonds. The van der Waals surface area contributed by atoms with Crippen molar-refractivity contribution in [3.8, 4) is 0 Å². The first kappa shape index (κ1) is 28.6. The number of carboxylic acid groups (broad SMARTS) is 1. The van der Waals surface area contributed by atoms with E-state index in [-0.39, 0.29) is 32.9 Å². The molecular formula is C22H17ClF6N4O5S. The summed E-state index contributed by atoms with van der Waals surface area (Å²) in [5.41, 5.74) is -1.40. The van der Waals surface area contributed by atoms with E-state index >= 15 is 0 Å². The maximum atomic E-state index is 14.2. The molecule has 1 aromatic heterocycles. The highest BCUT2D eigenvalue weighted by molar-refractivity contribution is 7.11. The summed E-state index contributed by atoms with van der Waals surface area (Å²) in [6, 6.07) is 0.0326. The van der Waals surface area contributed by atoms with Gasteiger partial charge in [0, 0.05) is 28.9 Å². The number of rotatable bonds is 6. The molecule has 2 atom stereocenters. The monoisotopic (exact) mass is 598 g/mol. The average Bonchev–Trinajstić information content (AvgIpc) is 3.45. The molecule has 1 saturated heterocycles. The summed E-state index contributed by atoms with van der Waals surface area (Å²) in [5.74, 6) is -6.31. The van der Waals surface area contributed by atoms with Crippen LogP contribution in [0.1, 0.15) is 28.7 Å². The quantitative estimate of drug-likeness (QED) is 0.359. The van der Waals surface area contributed by atoms with Gasteiger partial charge < -0.3 is 19.9 Å². The van der Waals surface area contributed by atoms with Gasteiger partial charge in [-0.3, -0.25) is 9.69 Å². The normalized spacial score (nSPS) is 21.4. The van der Waals surface area contributed by atoms with Gasteiger partial charge in [-0.25, -0.2) is 27.9 Å². The van der Waals surface area contributed by atoms with Gasteiger partial charge in [0.05, 0.1) is 19.4 Å². The summed E-state index contributed by atoms with van der Waals surface area (Å²) in [7, 11) is 0.975. The van der Waals surface area contributed by atoms with Crippen molar-refractivity contribution in [1.29, 1.82) is 0 Å². The molecule has 2 aliphatic rings. The van der Waals surface area contributed by atoms with Crippen LogP contribution in [-0.2, 0) is 20.4 Å². The number of carbonyl (C=O) groups excluding carboxylic acids is 1. The number of ether oxygens (including phenoxy) is 2. The molecule has 0 saturated carbocycles. The number of halogens is 7. The van der Waals surface area contributed by atoms with E-state index in [4.69, 9.17) is 16.3 Å². The Bertz CT molecular complexity index is 1360. The number of benzene rings is 1. The molecule has 9 nitrogen and oxygen atoms in total. The van der Waals surface area contributed by atoms with Crippen molar-refractivity contribution in [2.45, 2.75) is 30.6 Å². The predicted molar refractivity (Wildman–Crippen MR) is 124 cm³/mol. The van der Waals surface area contributed by atoms with Crippen LogP contribution in [0.5, 0.6) is 0 Å². The van der Waals surface area contributed by atoms with Gasteiger partial charge in [-0.2, -0.15) is 13.2 Å². The van der Waals surface area contributed by atoms with Crippen LogP contribution in [0.25, 0.3) is 0 Å². The molecule has 39 heavy (non-hydrogen) atoms. The van der Waals surface area contributed by atoms with Crippen LogP contribution in [0.3, 0.4) is 0 Å². The van der Waals surface area contributed by atoms with Gasteiger partial charge >= 0.3 is 18.3 Å².